The maximum Gasteiger partial charge on any atom is 0.0906 e. The van der Waals surface area contributed by atoms with Crippen molar-refractivity contribution in [2.24, 2.45) is 5.92 Å². The van der Waals surface area contributed by atoms with Gasteiger partial charge in [-0.25, -0.2) is 0 Å². The third kappa shape index (κ3) is 3.08. The Balaban J connectivity index is 2.09. The van der Waals surface area contributed by atoms with Crippen molar-refractivity contribution in [2.45, 2.75) is 12.8 Å². The first-order valence-corrected chi connectivity index (χ1v) is 5.33. The van der Waals surface area contributed by atoms with Gasteiger partial charge in [-0.1, -0.05) is 15.9 Å². The molecule has 0 aliphatic carbocycles. The summed E-state index contributed by atoms with van der Waals surface area (Å²) in [6, 6.07) is 0. The van der Waals surface area contributed by atoms with Gasteiger partial charge in [0.1, 0.15) is 0 Å². The third-order valence-corrected chi connectivity index (χ3v) is 3.11. The van der Waals surface area contributed by atoms with Gasteiger partial charge in [0.2, 0.25) is 0 Å². The molecular formula is C8H15BrFN. The Kier molecular flexibility index (Phi) is 4.38. The van der Waals surface area contributed by atoms with Crippen molar-refractivity contribution in [3.05, 3.63) is 0 Å². The highest BCUT2D eigenvalue weighted by molar-refractivity contribution is 9.09. The van der Waals surface area contributed by atoms with E-state index in [1.165, 1.54) is 6.42 Å². The maximum atomic E-state index is 11.8. The lowest BCUT2D eigenvalue weighted by atomic mass is 10.2. The molecule has 1 unspecified atom stereocenters. The molecule has 1 fully saturated rings. The predicted molar refractivity (Wildman–Crippen MR) is 48.9 cm³/mol. The van der Waals surface area contributed by atoms with Crippen LogP contribution in [0.5, 0.6) is 0 Å². The monoisotopic (exact) mass is 223 g/mol. The molecule has 0 aromatic heterocycles. The maximum absolute atomic E-state index is 11.8. The molecule has 66 valence electrons. The summed E-state index contributed by atoms with van der Waals surface area (Å²) in [6.45, 7) is 3.09. The molecule has 1 aliphatic rings. The van der Waals surface area contributed by atoms with E-state index >= 15 is 0 Å². The lowest BCUT2D eigenvalue weighted by molar-refractivity contribution is 0.305. The van der Waals surface area contributed by atoms with Gasteiger partial charge in [-0.2, -0.15) is 0 Å². The smallest absolute Gasteiger partial charge is 0.0906 e. The molecule has 1 aliphatic heterocycles. The number of halogens is 2. The molecule has 1 rings (SSSR count). The van der Waals surface area contributed by atoms with Gasteiger partial charge in [0.25, 0.3) is 0 Å². The van der Waals surface area contributed by atoms with E-state index in [2.05, 4.69) is 20.8 Å². The molecule has 11 heavy (non-hydrogen) atoms. The van der Waals surface area contributed by atoms with Crippen molar-refractivity contribution in [3.8, 4) is 0 Å². The molecule has 0 aromatic carbocycles. The van der Waals surface area contributed by atoms with Crippen LogP contribution in [0.2, 0.25) is 0 Å². The number of nitrogens with zero attached hydrogens (tertiary/aromatic N) is 1. The normalized spacial score (nSPS) is 26.2. The van der Waals surface area contributed by atoms with Gasteiger partial charge in [0, 0.05) is 18.4 Å². The molecule has 1 saturated heterocycles. The summed E-state index contributed by atoms with van der Waals surface area (Å²) in [5.74, 6) is 0.801. The van der Waals surface area contributed by atoms with Gasteiger partial charge in [0.05, 0.1) is 6.67 Å². The molecule has 0 spiro atoms. The fourth-order valence-corrected chi connectivity index (χ4v) is 2.05. The van der Waals surface area contributed by atoms with E-state index in [9.17, 15) is 4.39 Å². The van der Waals surface area contributed by atoms with Crippen LogP contribution in [0.1, 0.15) is 12.8 Å². The lowest BCUT2D eigenvalue weighted by Gasteiger charge is -2.13. The second-order valence-electron chi connectivity index (χ2n) is 3.15. The number of rotatable bonds is 4. The highest BCUT2D eigenvalue weighted by atomic mass is 79.9. The summed E-state index contributed by atoms with van der Waals surface area (Å²) >= 11 is 3.47. The minimum atomic E-state index is -0.171. The third-order valence-electron chi connectivity index (χ3n) is 2.20. The van der Waals surface area contributed by atoms with Gasteiger partial charge in [-0.05, 0) is 25.3 Å². The largest absolute Gasteiger partial charge is 0.303 e. The van der Waals surface area contributed by atoms with Crippen molar-refractivity contribution in [2.75, 3.05) is 31.6 Å². The van der Waals surface area contributed by atoms with E-state index < -0.39 is 0 Å². The summed E-state index contributed by atoms with van der Waals surface area (Å²) < 4.78 is 11.8. The molecule has 1 nitrogen and oxygen atoms in total. The number of hydrogen-bond acceptors (Lipinski definition) is 1. The van der Waals surface area contributed by atoms with Crippen LogP contribution in [0.3, 0.4) is 0 Å². The molecule has 3 heteroatoms. The van der Waals surface area contributed by atoms with Crippen LogP contribution >= 0.6 is 15.9 Å². The topological polar surface area (TPSA) is 3.24 Å². The number of hydrogen-bond donors (Lipinski definition) is 0. The second kappa shape index (κ2) is 5.09. The number of alkyl halides is 2. The van der Waals surface area contributed by atoms with Crippen LogP contribution in [-0.2, 0) is 0 Å². The van der Waals surface area contributed by atoms with Gasteiger partial charge in [-0.15, -0.1) is 0 Å². The van der Waals surface area contributed by atoms with Gasteiger partial charge < -0.3 is 4.90 Å². The summed E-state index contributed by atoms with van der Waals surface area (Å²) in [5, 5.41) is 1.10. The average Bonchev–Trinajstić information content (AvgIpc) is 2.48. The molecule has 0 N–H and O–H groups in total. The lowest BCUT2D eigenvalue weighted by Crippen LogP contribution is -2.22. The van der Waals surface area contributed by atoms with E-state index in [0.29, 0.717) is 6.42 Å². The highest BCUT2D eigenvalue weighted by Crippen LogP contribution is 2.17. The Bertz CT molecular complexity index is 110. The fourth-order valence-electron chi connectivity index (χ4n) is 1.53. The summed E-state index contributed by atoms with van der Waals surface area (Å²) in [7, 11) is 0. The predicted octanol–water partition coefficient (Wildman–Crippen LogP) is 2.06. The first kappa shape index (κ1) is 9.46. The Morgan fingerprint density at radius 2 is 2.36 bits per heavy atom. The van der Waals surface area contributed by atoms with Crippen molar-refractivity contribution >= 4 is 15.9 Å². The SMILES string of the molecule is FCCCN1CCC(CBr)C1. The molecule has 0 aromatic rings. The molecule has 1 atom stereocenters. The van der Waals surface area contributed by atoms with Crippen LogP contribution in [0, 0.1) is 5.92 Å². The van der Waals surface area contributed by atoms with Crippen LogP contribution in [-0.4, -0.2) is 36.5 Å². The highest BCUT2D eigenvalue weighted by Gasteiger charge is 2.20. The van der Waals surface area contributed by atoms with Gasteiger partial charge in [-0.3, -0.25) is 4.39 Å². The first-order valence-electron chi connectivity index (χ1n) is 4.21. The standard InChI is InChI=1S/C8H15BrFN/c9-6-8-2-5-11(7-8)4-1-3-10/h8H,1-7H2. The van der Waals surface area contributed by atoms with E-state index in [4.69, 9.17) is 0 Å². The van der Waals surface area contributed by atoms with Crippen molar-refractivity contribution in [3.63, 3.8) is 0 Å². The molecule has 0 amide bonds. The van der Waals surface area contributed by atoms with E-state index in [1.54, 1.807) is 0 Å². The molecule has 0 saturated carbocycles. The van der Waals surface area contributed by atoms with Crippen molar-refractivity contribution in [1.82, 2.24) is 4.90 Å². The quantitative estimate of drug-likeness (QED) is 0.660. The zero-order valence-corrected chi connectivity index (χ0v) is 8.32. The van der Waals surface area contributed by atoms with Gasteiger partial charge >= 0.3 is 0 Å². The zero-order chi connectivity index (χ0) is 8.10. The van der Waals surface area contributed by atoms with Crippen molar-refractivity contribution < 1.29 is 4.39 Å². The second-order valence-corrected chi connectivity index (χ2v) is 3.80. The molecule has 1 heterocycles. The van der Waals surface area contributed by atoms with E-state index in [-0.39, 0.29) is 6.67 Å². The van der Waals surface area contributed by atoms with Crippen LogP contribution < -0.4 is 0 Å². The minimum Gasteiger partial charge on any atom is -0.303 e. The Hall–Kier alpha value is 0.370. The molecule has 0 radical (unpaired) electrons. The average molecular weight is 224 g/mol. The molecular weight excluding hydrogens is 209 g/mol. The number of likely N-dealkylation sites (tertiary alicyclic amines) is 1. The Morgan fingerprint density at radius 3 is 2.91 bits per heavy atom. The minimum absolute atomic E-state index is 0.171. The Morgan fingerprint density at radius 1 is 1.55 bits per heavy atom. The zero-order valence-electron chi connectivity index (χ0n) is 6.73. The first-order chi connectivity index (χ1) is 5.36. The molecule has 0 bridgehead atoms. The van der Waals surface area contributed by atoms with Crippen LogP contribution in [0.15, 0.2) is 0 Å². The van der Waals surface area contributed by atoms with Gasteiger partial charge in [0.15, 0.2) is 0 Å². The summed E-state index contributed by atoms with van der Waals surface area (Å²) in [6.07, 6.45) is 1.98. The fraction of sp³-hybridized carbons (Fsp3) is 1.00. The van der Waals surface area contributed by atoms with E-state index in [1.807, 2.05) is 0 Å². The van der Waals surface area contributed by atoms with E-state index in [0.717, 1.165) is 30.9 Å². The van der Waals surface area contributed by atoms with Crippen LogP contribution in [0.25, 0.3) is 0 Å². The van der Waals surface area contributed by atoms with Crippen LogP contribution in [0.4, 0.5) is 4.39 Å². The summed E-state index contributed by atoms with van der Waals surface area (Å²) in [4.78, 5) is 2.35. The summed E-state index contributed by atoms with van der Waals surface area (Å²) in [5.41, 5.74) is 0. The van der Waals surface area contributed by atoms with Crippen molar-refractivity contribution in [1.29, 1.82) is 0 Å². The Labute approximate surface area is 76.1 Å².